The molecule has 0 aliphatic rings. The fraction of sp³-hybridized carbons (Fsp3) is 0.353. The van der Waals surface area contributed by atoms with Gasteiger partial charge in [-0.2, -0.15) is 4.37 Å². The van der Waals surface area contributed by atoms with Crippen LogP contribution in [0.3, 0.4) is 0 Å². The van der Waals surface area contributed by atoms with Gasteiger partial charge in [0, 0.05) is 17.1 Å². The summed E-state index contributed by atoms with van der Waals surface area (Å²) in [6, 6.07) is 5.98. The molecule has 0 bridgehead atoms. The van der Waals surface area contributed by atoms with Crippen molar-refractivity contribution in [3.8, 4) is 5.75 Å². The molecule has 2 aromatic rings. The van der Waals surface area contributed by atoms with Crippen LogP contribution < -0.4 is 4.74 Å². The molecule has 2 rings (SSSR count). The predicted octanol–water partition coefficient (Wildman–Crippen LogP) is 4.50. The number of allylic oxidation sites excluding steroid dienone is 2. The number of fused-ring (bicyclic) bond motifs is 1. The number of hydrogen-bond donors (Lipinski definition) is 1. The van der Waals surface area contributed by atoms with E-state index in [1.807, 2.05) is 50.3 Å². The van der Waals surface area contributed by atoms with Gasteiger partial charge in [-0.25, -0.2) is 0 Å². The molecule has 0 aliphatic carbocycles. The summed E-state index contributed by atoms with van der Waals surface area (Å²) in [5, 5.41) is 12.0. The number of ether oxygens (including phenoxy) is 1. The van der Waals surface area contributed by atoms with Gasteiger partial charge >= 0.3 is 0 Å². The minimum atomic E-state index is -0.486. The molecule has 0 aliphatic heterocycles. The second kappa shape index (κ2) is 8.46. The smallest absolute Gasteiger partial charge is 0.121 e. The van der Waals surface area contributed by atoms with Gasteiger partial charge < -0.3 is 9.84 Å². The lowest BCUT2D eigenvalue weighted by molar-refractivity contribution is 0.222. The fourth-order valence-corrected chi connectivity index (χ4v) is 3.22. The molecule has 118 valence electrons. The number of benzene rings is 1. The van der Waals surface area contributed by atoms with E-state index in [1.165, 1.54) is 11.5 Å². The Morgan fingerprint density at radius 3 is 2.95 bits per heavy atom. The fourth-order valence-electron chi connectivity index (χ4n) is 2.12. The molecule has 1 atom stereocenters. The molecule has 0 spiro atoms. The molecule has 0 fully saturated rings. The van der Waals surface area contributed by atoms with E-state index >= 15 is 0 Å². The van der Waals surface area contributed by atoms with Crippen LogP contribution in [-0.2, 0) is 6.42 Å². The predicted molar refractivity (Wildman–Crippen MR) is 97.2 cm³/mol. The van der Waals surface area contributed by atoms with Gasteiger partial charge in [0.25, 0.3) is 0 Å². The number of alkyl halides is 1. The highest BCUT2D eigenvalue weighted by atomic mass is 79.9. The molecular weight excluding hydrogens is 362 g/mol. The van der Waals surface area contributed by atoms with Crippen LogP contribution in [0.2, 0.25) is 0 Å². The van der Waals surface area contributed by atoms with Gasteiger partial charge in [0.15, 0.2) is 0 Å². The van der Waals surface area contributed by atoms with Crippen LogP contribution in [0.25, 0.3) is 10.1 Å². The minimum Gasteiger partial charge on any atom is -0.489 e. The van der Waals surface area contributed by atoms with E-state index in [0.717, 1.165) is 32.4 Å². The number of aromatic nitrogens is 1. The molecule has 5 heteroatoms. The van der Waals surface area contributed by atoms with E-state index in [9.17, 15) is 5.11 Å². The molecule has 3 nitrogen and oxygen atoms in total. The normalized spacial score (nSPS) is 12.7. The van der Waals surface area contributed by atoms with Crippen molar-refractivity contribution < 1.29 is 9.84 Å². The topological polar surface area (TPSA) is 42.4 Å². The van der Waals surface area contributed by atoms with E-state index in [2.05, 4.69) is 20.3 Å². The molecule has 0 radical (unpaired) electrons. The van der Waals surface area contributed by atoms with Crippen molar-refractivity contribution in [2.45, 2.75) is 26.4 Å². The molecule has 22 heavy (non-hydrogen) atoms. The number of aliphatic hydroxyl groups is 1. The van der Waals surface area contributed by atoms with Crippen LogP contribution in [0.1, 0.15) is 19.5 Å². The largest absolute Gasteiger partial charge is 0.489 e. The Bertz CT molecular complexity index is 674. The Morgan fingerprint density at radius 2 is 2.23 bits per heavy atom. The SMILES string of the molecule is CC(C)=CC(O)Cc1nsc2cc(OCC=CCBr)ccc12. The first kappa shape index (κ1) is 17.2. The van der Waals surface area contributed by atoms with Gasteiger partial charge in [-0.1, -0.05) is 39.7 Å². The van der Waals surface area contributed by atoms with Crippen molar-refractivity contribution in [1.82, 2.24) is 4.37 Å². The van der Waals surface area contributed by atoms with Crippen LogP contribution in [0.15, 0.2) is 42.0 Å². The lowest BCUT2D eigenvalue weighted by Gasteiger charge is -2.05. The standard InChI is InChI=1S/C17H20BrNO2S/c1-12(2)9-13(20)10-16-15-6-5-14(11-17(15)22-19-16)21-8-4-3-7-18/h3-6,9,11,13,20H,7-8,10H2,1-2H3. The van der Waals surface area contributed by atoms with Crippen LogP contribution in [-0.4, -0.2) is 27.5 Å². The van der Waals surface area contributed by atoms with Gasteiger partial charge in [0.2, 0.25) is 0 Å². The summed E-state index contributed by atoms with van der Waals surface area (Å²) in [6.45, 7) is 4.52. The van der Waals surface area contributed by atoms with Gasteiger partial charge in [0.05, 0.1) is 16.5 Å². The number of rotatable bonds is 7. The van der Waals surface area contributed by atoms with E-state index in [-0.39, 0.29) is 0 Å². The van der Waals surface area contributed by atoms with Gasteiger partial charge in [-0.15, -0.1) is 0 Å². The highest BCUT2D eigenvalue weighted by Crippen LogP contribution is 2.28. The lowest BCUT2D eigenvalue weighted by Crippen LogP contribution is -2.07. The molecule has 1 aromatic heterocycles. The Balaban J connectivity index is 2.09. The molecule has 1 aromatic carbocycles. The maximum absolute atomic E-state index is 10.0. The van der Waals surface area contributed by atoms with Gasteiger partial charge in [-0.3, -0.25) is 0 Å². The third-order valence-electron chi connectivity index (χ3n) is 3.05. The zero-order valence-corrected chi connectivity index (χ0v) is 15.2. The summed E-state index contributed by atoms with van der Waals surface area (Å²) in [5.41, 5.74) is 2.05. The number of nitrogens with zero attached hydrogens (tertiary/aromatic N) is 1. The number of halogens is 1. The second-order valence-electron chi connectivity index (χ2n) is 5.24. The average molecular weight is 382 g/mol. The first-order valence-electron chi connectivity index (χ1n) is 7.15. The minimum absolute atomic E-state index is 0.486. The second-order valence-corrected chi connectivity index (χ2v) is 6.69. The highest BCUT2D eigenvalue weighted by Gasteiger charge is 2.11. The molecular formula is C17H20BrNO2S. The highest BCUT2D eigenvalue weighted by molar-refractivity contribution is 9.09. The first-order valence-corrected chi connectivity index (χ1v) is 9.05. The maximum atomic E-state index is 10.0. The summed E-state index contributed by atoms with van der Waals surface area (Å²) in [6.07, 6.45) is 5.90. The van der Waals surface area contributed by atoms with Gasteiger partial charge in [-0.05, 0) is 43.6 Å². The first-order chi connectivity index (χ1) is 10.6. The van der Waals surface area contributed by atoms with Crippen molar-refractivity contribution in [3.05, 3.63) is 47.7 Å². The molecule has 1 unspecified atom stereocenters. The van der Waals surface area contributed by atoms with Crippen LogP contribution in [0.4, 0.5) is 0 Å². The monoisotopic (exact) mass is 381 g/mol. The zero-order valence-electron chi connectivity index (χ0n) is 12.8. The summed E-state index contributed by atoms with van der Waals surface area (Å²) >= 11 is 4.78. The van der Waals surface area contributed by atoms with Crippen molar-refractivity contribution >= 4 is 37.5 Å². The van der Waals surface area contributed by atoms with Gasteiger partial charge in [0.1, 0.15) is 12.4 Å². The zero-order chi connectivity index (χ0) is 15.9. The van der Waals surface area contributed by atoms with E-state index in [4.69, 9.17) is 4.74 Å². The molecule has 0 saturated heterocycles. The third-order valence-corrected chi connectivity index (χ3v) is 4.27. The number of hydrogen-bond acceptors (Lipinski definition) is 4. The molecule has 0 amide bonds. The molecule has 1 heterocycles. The summed E-state index contributed by atoms with van der Waals surface area (Å²) in [7, 11) is 0. The summed E-state index contributed by atoms with van der Waals surface area (Å²) in [5.74, 6) is 0.840. The third kappa shape index (κ3) is 4.93. The summed E-state index contributed by atoms with van der Waals surface area (Å²) < 4.78 is 11.2. The summed E-state index contributed by atoms with van der Waals surface area (Å²) in [4.78, 5) is 0. The van der Waals surface area contributed by atoms with Crippen molar-refractivity contribution in [1.29, 1.82) is 0 Å². The Morgan fingerprint density at radius 1 is 1.41 bits per heavy atom. The van der Waals surface area contributed by atoms with Crippen LogP contribution >= 0.6 is 27.5 Å². The van der Waals surface area contributed by atoms with E-state index < -0.39 is 6.10 Å². The maximum Gasteiger partial charge on any atom is 0.121 e. The Kier molecular flexibility index (Phi) is 6.61. The average Bonchev–Trinajstić information content (AvgIpc) is 2.85. The number of aliphatic hydroxyl groups excluding tert-OH is 1. The van der Waals surface area contributed by atoms with Crippen LogP contribution in [0.5, 0.6) is 5.75 Å². The van der Waals surface area contributed by atoms with Crippen molar-refractivity contribution in [3.63, 3.8) is 0 Å². The quantitative estimate of drug-likeness (QED) is 0.567. The van der Waals surface area contributed by atoms with E-state index in [1.54, 1.807) is 0 Å². The molecule has 0 saturated carbocycles. The van der Waals surface area contributed by atoms with Crippen molar-refractivity contribution in [2.75, 3.05) is 11.9 Å². The molecule has 1 N–H and O–H groups in total. The van der Waals surface area contributed by atoms with E-state index in [0.29, 0.717) is 13.0 Å². The van der Waals surface area contributed by atoms with Crippen LogP contribution in [0, 0.1) is 0 Å². The Hall–Kier alpha value is -1.17. The Labute approximate surface area is 143 Å². The van der Waals surface area contributed by atoms with Crippen molar-refractivity contribution in [2.24, 2.45) is 0 Å². The lowest BCUT2D eigenvalue weighted by atomic mass is 10.1.